The van der Waals surface area contributed by atoms with Crippen LogP contribution >= 0.6 is 0 Å². The third kappa shape index (κ3) is 4.41. The van der Waals surface area contributed by atoms with Crippen LogP contribution in [-0.4, -0.2) is 52.2 Å². The topological polar surface area (TPSA) is 148 Å². The van der Waals surface area contributed by atoms with Crippen molar-refractivity contribution in [2.45, 2.75) is 51.5 Å². The van der Waals surface area contributed by atoms with Crippen molar-refractivity contribution in [3.8, 4) is 5.75 Å². The zero-order chi connectivity index (χ0) is 24.4. The number of piperidine rings is 1. The van der Waals surface area contributed by atoms with Crippen LogP contribution in [0.25, 0.3) is 0 Å². The number of carbonyl (C=O) groups excluding carboxylic acids is 5. The van der Waals surface area contributed by atoms with Gasteiger partial charge in [0.25, 0.3) is 11.8 Å². The fourth-order valence-corrected chi connectivity index (χ4v) is 3.99. The molecule has 1 aromatic carbocycles. The van der Waals surface area contributed by atoms with Gasteiger partial charge in [-0.25, -0.2) is 0 Å². The molecule has 0 spiro atoms. The van der Waals surface area contributed by atoms with E-state index < -0.39 is 29.7 Å². The number of nitrogens with zero attached hydrogens (tertiary/aromatic N) is 2. The minimum Gasteiger partial charge on any atom is -0.493 e. The number of fused-ring (bicyclic) bond motifs is 1. The van der Waals surface area contributed by atoms with E-state index in [0.29, 0.717) is 17.9 Å². The SMILES string of the molecule is CC(C)c1oncc1NC(=O)CCCOc1cccc2c1C(=O)N(C1CCC(=O)NC1=O)C2=O. The predicted octanol–water partition coefficient (Wildman–Crippen LogP) is 2.00. The fraction of sp³-hybridized carbons (Fsp3) is 0.391. The number of ether oxygens (including phenoxy) is 1. The maximum absolute atomic E-state index is 13.0. The van der Waals surface area contributed by atoms with Crippen molar-refractivity contribution in [2.24, 2.45) is 0 Å². The summed E-state index contributed by atoms with van der Waals surface area (Å²) >= 11 is 0. The fourth-order valence-electron chi connectivity index (χ4n) is 3.99. The van der Waals surface area contributed by atoms with E-state index in [1.54, 1.807) is 12.1 Å². The summed E-state index contributed by atoms with van der Waals surface area (Å²) in [6.45, 7) is 3.98. The van der Waals surface area contributed by atoms with Gasteiger partial charge in [0.1, 0.15) is 17.5 Å². The second kappa shape index (κ2) is 9.46. The summed E-state index contributed by atoms with van der Waals surface area (Å²) < 4.78 is 10.9. The lowest BCUT2D eigenvalue weighted by Crippen LogP contribution is -2.54. The van der Waals surface area contributed by atoms with Gasteiger partial charge in [-0.15, -0.1) is 0 Å². The number of nitrogens with one attached hydrogen (secondary N) is 2. The molecule has 2 aliphatic heterocycles. The molecule has 0 saturated carbocycles. The molecule has 11 nitrogen and oxygen atoms in total. The summed E-state index contributed by atoms with van der Waals surface area (Å²) in [4.78, 5) is 62.7. The van der Waals surface area contributed by atoms with E-state index in [0.717, 1.165) is 4.90 Å². The molecule has 1 unspecified atom stereocenters. The molecule has 0 aliphatic carbocycles. The lowest BCUT2D eigenvalue weighted by Gasteiger charge is -2.27. The van der Waals surface area contributed by atoms with Gasteiger partial charge in [0.15, 0.2) is 5.76 Å². The number of hydrogen-bond acceptors (Lipinski definition) is 8. The molecule has 3 heterocycles. The van der Waals surface area contributed by atoms with Crippen LogP contribution in [0.2, 0.25) is 0 Å². The van der Waals surface area contributed by atoms with Crippen molar-refractivity contribution < 1.29 is 33.2 Å². The molecule has 1 saturated heterocycles. The molecule has 0 bridgehead atoms. The number of imide groups is 2. The largest absolute Gasteiger partial charge is 0.493 e. The Hall–Kier alpha value is -4.02. The number of aromatic nitrogens is 1. The van der Waals surface area contributed by atoms with E-state index in [1.807, 2.05) is 13.8 Å². The van der Waals surface area contributed by atoms with Crippen LogP contribution in [0.3, 0.4) is 0 Å². The van der Waals surface area contributed by atoms with Crippen LogP contribution in [0.15, 0.2) is 28.9 Å². The number of hydrogen-bond donors (Lipinski definition) is 2. The van der Waals surface area contributed by atoms with Crippen molar-refractivity contribution in [2.75, 3.05) is 11.9 Å². The highest BCUT2D eigenvalue weighted by Gasteiger charge is 2.45. The summed E-state index contributed by atoms with van der Waals surface area (Å²) in [5.74, 6) is -1.72. The van der Waals surface area contributed by atoms with Crippen LogP contribution in [0.1, 0.15) is 71.9 Å². The second-order valence-electron chi connectivity index (χ2n) is 8.38. The standard InChI is InChI=1S/C23H24N4O7/c1-12(2)20-14(11-24-34-20)25-17(28)7-4-10-33-16-6-3-5-13-19(16)23(32)27(22(13)31)15-8-9-18(29)26-21(15)30/h3,5-6,11-12,15H,4,7-10H2,1-2H3,(H,25,28)(H,26,29,30). The number of carbonyl (C=O) groups is 5. The molecule has 4 rings (SSSR count). The van der Waals surface area contributed by atoms with Gasteiger partial charge in [0.2, 0.25) is 17.7 Å². The van der Waals surface area contributed by atoms with Gasteiger partial charge in [-0.05, 0) is 25.0 Å². The van der Waals surface area contributed by atoms with E-state index in [-0.39, 0.29) is 54.6 Å². The highest BCUT2D eigenvalue weighted by atomic mass is 16.5. The Kier molecular flexibility index (Phi) is 6.44. The Labute approximate surface area is 194 Å². The zero-order valence-corrected chi connectivity index (χ0v) is 18.8. The Morgan fingerprint density at radius 3 is 2.79 bits per heavy atom. The molecule has 2 aromatic rings. The lowest BCUT2D eigenvalue weighted by atomic mass is 10.0. The number of anilines is 1. The van der Waals surface area contributed by atoms with Crippen molar-refractivity contribution in [1.29, 1.82) is 0 Å². The van der Waals surface area contributed by atoms with E-state index in [9.17, 15) is 24.0 Å². The highest BCUT2D eigenvalue weighted by molar-refractivity contribution is 6.24. The monoisotopic (exact) mass is 468 g/mol. The van der Waals surface area contributed by atoms with Gasteiger partial charge >= 0.3 is 0 Å². The molecule has 1 fully saturated rings. The lowest BCUT2D eigenvalue weighted by molar-refractivity contribution is -0.136. The molecule has 1 aromatic heterocycles. The van der Waals surface area contributed by atoms with Gasteiger partial charge in [-0.3, -0.25) is 34.2 Å². The van der Waals surface area contributed by atoms with E-state index in [4.69, 9.17) is 9.26 Å². The van der Waals surface area contributed by atoms with Crippen molar-refractivity contribution in [3.05, 3.63) is 41.3 Å². The van der Waals surface area contributed by atoms with Gasteiger partial charge < -0.3 is 14.6 Å². The van der Waals surface area contributed by atoms with Gasteiger partial charge in [-0.1, -0.05) is 25.1 Å². The summed E-state index contributed by atoms with van der Waals surface area (Å²) in [7, 11) is 0. The normalized spacial score (nSPS) is 17.7. The van der Waals surface area contributed by atoms with Crippen molar-refractivity contribution in [1.82, 2.24) is 15.4 Å². The van der Waals surface area contributed by atoms with E-state index >= 15 is 0 Å². The van der Waals surface area contributed by atoms with E-state index in [2.05, 4.69) is 15.8 Å². The molecular formula is C23H24N4O7. The van der Waals surface area contributed by atoms with Gasteiger partial charge in [0, 0.05) is 18.8 Å². The summed E-state index contributed by atoms with van der Waals surface area (Å²) in [5, 5.41) is 8.63. The van der Waals surface area contributed by atoms with Crippen LogP contribution in [0.4, 0.5) is 5.69 Å². The summed E-state index contributed by atoms with van der Waals surface area (Å²) in [6.07, 6.45) is 2.09. The third-order valence-electron chi connectivity index (χ3n) is 5.63. The van der Waals surface area contributed by atoms with Crippen LogP contribution in [0.5, 0.6) is 5.75 Å². The molecule has 11 heteroatoms. The second-order valence-corrected chi connectivity index (χ2v) is 8.38. The molecule has 1 atom stereocenters. The van der Waals surface area contributed by atoms with Gasteiger partial charge in [0.05, 0.1) is 23.9 Å². The zero-order valence-electron chi connectivity index (χ0n) is 18.8. The quantitative estimate of drug-likeness (QED) is 0.441. The number of amides is 5. The first-order valence-corrected chi connectivity index (χ1v) is 11.0. The van der Waals surface area contributed by atoms with E-state index in [1.165, 1.54) is 12.3 Å². The highest BCUT2D eigenvalue weighted by Crippen LogP contribution is 2.33. The Bertz CT molecular complexity index is 1170. The maximum Gasteiger partial charge on any atom is 0.266 e. The minimum absolute atomic E-state index is 0.0444. The average molecular weight is 468 g/mol. The summed E-state index contributed by atoms with van der Waals surface area (Å²) in [6, 6.07) is 3.59. The molecular weight excluding hydrogens is 444 g/mol. The molecule has 178 valence electrons. The maximum atomic E-state index is 13.0. The molecule has 2 aliphatic rings. The summed E-state index contributed by atoms with van der Waals surface area (Å²) in [5.41, 5.74) is 0.741. The van der Waals surface area contributed by atoms with Crippen LogP contribution in [-0.2, 0) is 14.4 Å². The predicted molar refractivity (Wildman–Crippen MR) is 117 cm³/mol. The molecule has 34 heavy (non-hydrogen) atoms. The first-order valence-electron chi connectivity index (χ1n) is 11.0. The Morgan fingerprint density at radius 2 is 2.06 bits per heavy atom. The smallest absolute Gasteiger partial charge is 0.266 e. The molecule has 2 N–H and O–H groups in total. The van der Waals surface area contributed by atoms with Crippen molar-refractivity contribution in [3.63, 3.8) is 0 Å². The van der Waals surface area contributed by atoms with Crippen LogP contribution in [0, 0.1) is 0 Å². The molecule has 5 amide bonds. The van der Waals surface area contributed by atoms with Crippen LogP contribution < -0.4 is 15.4 Å². The number of rotatable bonds is 8. The first kappa shape index (κ1) is 23.1. The molecule has 0 radical (unpaired) electrons. The average Bonchev–Trinajstić information content (AvgIpc) is 3.35. The Morgan fingerprint density at radius 1 is 1.26 bits per heavy atom. The van der Waals surface area contributed by atoms with Crippen molar-refractivity contribution >= 4 is 35.2 Å². The third-order valence-corrected chi connectivity index (χ3v) is 5.63. The van der Waals surface area contributed by atoms with Gasteiger partial charge in [-0.2, -0.15) is 0 Å². The Balaban J connectivity index is 1.37. The minimum atomic E-state index is -1.05. The number of benzene rings is 1. The first-order chi connectivity index (χ1) is 16.3.